The third-order valence-corrected chi connectivity index (χ3v) is 3.61. The second-order valence-electron chi connectivity index (χ2n) is 5.85. The largest absolute Gasteiger partial charge is 0.480 e. The third-order valence-electron chi connectivity index (χ3n) is 3.61. The molecule has 2 rings (SSSR count). The van der Waals surface area contributed by atoms with Crippen LogP contribution in [0.25, 0.3) is 0 Å². The lowest BCUT2D eigenvalue weighted by Crippen LogP contribution is -2.34. The quantitative estimate of drug-likeness (QED) is 0.840. The number of aromatic nitrogens is 1. The molecule has 2 N–H and O–H groups in total. The Morgan fingerprint density at radius 1 is 1.16 bits per heavy atom. The van der Waals surface area contributed by atoms with Crippen LogP contribution >= 0.6 is 0 Å². The zero-order valence-corrected chi connectivity index (χ0v) is 14.0. The van der Waals surface area contributed by atoms with Crippen molar-refractivity contribution in [2.45, 2.75) is 26.5 Å². The van der Waals surface area contributed by atoms with E-state index in [0.29, 0.717) is 0 Å². The summed E-state index contributed by atoms with van der Waals surface area (Å²) in [6, 6.07) is 11.0. The summed E-state index contributed by atoms with van der Waals surface area (Å²) in [4.78, 5) is 35.8. The smallest absolute Gasteiger partial charge is 0.412 e. The van der Waals surface area contributed by atoms with E-state index in [1.807, 2.05) is 30.3 Å². The summed E-state index contributed by atoms with van der Waals surface area (Å²) in [6.45, 7) is 3.48. The number of nitrogens with zero attached hydrogens (tertiary/aromatic N) is 1. The molecule has 0 aliphatic carbocycles. The zero-order chi connectivity index (χ0) is 18.4. The number of anilines is 1. The molecule has 1 aromatic heterocycles. The first-order valence-corrected chi connectivity index (χ1v) is 7.82. The van der Waals surface area contributed by atoms with Crippen LogP contribution in [0.1, 0.15) is 25.5 Å². The van der Waals surface area contributed by atoms with Gasteiger partial charge in [0, 0.05) is 6.20 Å². The maximum atomic E-state index is 12.5. The Morgan fingerprint density at radius 2 is 1.84 bits per heavy atom. The van der Waals surface area contributed by atoms with E-state index >= 15 is 0 Å². The summed E-state index contributed by atoms with van der Waals surface area (Å²) >= 11 is 0. The van der Waals surface area contributed by atoms with Gasteiger partial charge in [0.1, 0.15) is 18.3 Å². The van der Waals surface area contributed by atoms with E-state index in [9.17, 15) is 19.5 Å². The molecule has 0 aliphatic rings. The Bertz CT molecular complexity index is 799. The van der Waals surface area contributed by atoms with Crippen LogP contribution in [0, 0.1) is 5.92 Å². The molecule has 0 fully saturated rings. The van der Waals surface area contributed by atoms with Crippen molar-refractivity contribution in [3.8, 4) is 0 Å². The van der Waals surface area contributed by atoms with Gasteiger partial charge in [-0.1, -0.05) is 44.2 Å². The number of benzene rings is 1. The van der Waals surface area contributed by atoms with Crippen molar-refractivity contribution in [2.24, 2.45) is 5.92 Å². The topological polar surface area (TPSA) is 97.6 Å². The predicted molar refractivity (Wildman–Crippen MR) is 92.5 cm³/mol. The normalized spacial score (nSPS) is 11.8. The average molecular weight is 344 g/mol. The van der Waals surface area contributed by atoms with Crippen LogP contribution in [0.2, 0.25) is 0 Å². The van der Waals surface area contributed by atoms with Gasteiger partial charge in [0.25, 0.3) is 5.56 Å². The Labute approximate surface area is 144 Å². The number of pyridine rings is 1. The number of amides is 1. The van der Waals surface area contributed by atoms with Crippen LogP contribution in [-0.2, 0) is 16.1 Å². The van der Waals surface area contributed by atoms with E-state index in [4.69, 9.17) is 4.74 Å². The van der Waals surface area contributed by atoms with Gasteiger partial charge in [-0.3, -0.25) is 14.7 Å². The molecule has 1 unspecified atom stereocenters. The molecule has 0 saturated carbocycles. The first-order valence-electron chi connectivity index (χ1n) is 7.82. The van der Waals surface area contributed by atoms with Crippen molar-refractivity contribution in [1.82, 2.24) is 4.57 Å². The number of hydrogen-bond donors (Lipinski definition) is 2. The summed E-state index contributed by atoms with van der Waals surface area (Å²) in [6.07, 6.45) is 0.608. The van der Waals surface area contributed by atoms with E-state index in [1.165, 1.54) is 18.3 Å². The molecule has 2 aromatic rings. The van der Waals surface area contributed by atoms with Gasteiger partial charge in [-0.2, -0.15) is 0 Å². The molecule has 132 valence electrons. The molecule has 1 aromatic carbocycles. The van der Waals surface area contributed by atoms with Gasteiger partial charge >= 0.3 is 12.1 Å². The highest BCUT2D eigenvalue weighted by molar-refractivity contribution is 5.84. The van der Waals surface area contributed by atoms with Crippen LogP contribution in [0.5, 0.6) is 0 Å². The summed E-state index contributed by atoms with van der Waals surface area (Å²) in [5.41, 5.74) is 0.182. The Kier molecular flexibility index (Phi) is 5.94. The number of carboxylic acid groups (broad SMARTS) is 1. The number of carboxylic acids is 1. The Morgan fingerprint density at radius 3 is 2.44 bits per heavy atom. The maximum absolute atomic E-state index is 12.5. The average Bonchev–Trinajstić information content (AvgIpc) is 2.57. The van der Waals surface area contributed by atoms with Crippen LogP contribution in [0.3, 0.4) is 0 Å². The maximum Gasteiger partial charge on any atom is 0.412 e. The van der Waals surface area contributed by atoms with E-state index < -0.39 is 23.7 Å². The molecule has 0 aliphatic heterocycles. The zero-order valence-electron chi connectivity index (χ0n) is 14.0. The van der Waals surface area contributed by atoms with Gasteiger partial charge in [-0.15, -0.1) is 0 Å². The molecular weight excluding hydrogens is 324 g/mol. The first-order chi connectivity index (χ1) is 11.9. The van der Waals surface area contributed by atoms with Crippen LogP contribution < -0.4 is 10.9 Å². The first kappa shape index (κ1) is 18.3. The van der Waals surface area contributed by atoms with Gasteiger partial charge in [0.15, 0.2) is 0 Å². The molecule has 0 spiro atoms. The van der Waals surface area contributed by atoms with Crippen molar-refractivity contribution in [3.63, 3.8) is 0 Å². The number of rotatable bonds is 6. The van der Waals surface area contributed by atoms with Gasteiger partial charge in [-0.05, 0) is 23.6 Å². The standard InChI is InChI=1S/C18H20N2O5/c1-12(2)15(17(22)23)20-10-6-9-14(16(20)21)19-18(24)25-11-13-7-4-3-5-8-13/h3-10,12,15H,11H2,1-2H3,(H,19,24)(H,22,23). The summed E-state index contributed by atoms with van der Waals surface area (Å²) in [7, 11) is 0. The minimum atomic E-state index is -1.11. The van der Waals surface area contributed by atoms with Crippen molar-refractivity contribution < 1.29 is 19.4 Å². The van der Waals surface area contributed by atoms with Gasteiger partial charge in [-0.25, -0.2) is 9.59 Å². The van der Waals surface area contributed by atoms with E-state index in [-0.39, 0.29) is 18.2 Å². The fraction of sp³-hybridized carbons (Fsp3) is 0.278. The lowest BCUT2D eigenvalue weighted by atomic mass is 10.0. The SMILES string of the molecule is CC(C)C(C(=O)O)n1cccc(NC(=O)OCc2ccccc2)c1=O. The van der Waals surface area contributed by atoms with Crippen molar-refractivity contribution >= 4 is 17.7 Å². The fourth-order valence-corrected chi connectivity index (χ4v) is 2.42. The molecule has 1 heterocycles. The Balaban J connectivity index is 2.12. The number of nitrogens with one attached hydrogen (secondary N) is 1. The van der Waals surface area contributed by atoms with Crippen molar-refractivity contribution in [3.05, 3.63) is 64.6 Å². The molecule has 7 nitrogen and oxygen atoms in total. The van der Waals surface area contributed by atoms with Crippen molar-refractivity contribution in [2.75, 3.05) is 5.32 Å². The molecular formula is C18H20N2O5. The summed E-state index contributed by atoms with van der Waals surface area (Å²) in [5, 5.41) is 11.7. The molecule has 0 radical (unpaired) electrons. The number of carbonyl (C=O) groups excluding carboxylic acids is 1. The fourth-order valence-electron chi connectivity index (χ4n) is 2.42. The molecule has 0 bridgehead atoms. The van der Waals surface area contributed by atoms with Gasteiger partial charge in [0.2, 0.25) is 0 Å². The minimum absolute atomic E-state index is 0.0348. The molecule has 1 atom stereocenters. The van der Waals surface area contributed by atoms with E-state index in [2.05, 4.69) is 5.32 Å². The number of hydrogen-bond acceptors (Lipinski definition) is 4. The summed E-state index contributed by atoms with van der Waals surface area (Å²) in [5.74, 6) is -1.41. The van der Waals surface area contributed by atoms with Crippen molar-refractivity contribution in [1.29, 1.82) is 0 Å². The molecule has 0 saturated heterocycles. The monoisotopic (exact) mass is 344 g/mol. The molecule has 25 heavy (non-hydrogen) atoms. The Hall–Kier alpha value is -3.09. The molecule has 1 amide bonds. The highest BCUT2D eigenvalue weighted by Crippen LogP contribution is 2.17. The minimum Gasteiger partial charge on any atom is -0.480 e. The van der Waals surface area contributed by atoms with Gasteiger partial charge < -0.3 is 9.84 Å². The predicted octanol–water partition coefficient (Wildman–Crippen LogP) is 2.88. The number of carbonyl (C=O) groups is 2. The summed E-state index contributed by atoms with van der Waals surface area (Å²) < 4.78 is 6.16. The second kappa shape index (κ2) is 8.14. The van der Waals surface area contributed by atoms with Gasteiger partial charge in [0.05, 0.1) is 0 Å². The van der Waals surface area contributed by atoms with Crippen LogP contribution in [0.4, 0.5) is 10.5 Å². The van der Waals surface area contributed by atoms with Crippen LogP contribution in [0.15, 0.2) is 53.5 Å². The molecule has 7 heteroatoms. The number of aliphatic carboxylic acids is 1. The van der Waals surface area contributed by atoms with E-state index in [0.717, 1.165) is 10.1 Å². The van der Waals surface area contributed by atoms with E-state index in [1.54, 1.807) is 13.8 Å². The lowest BCUT2D eigenvalue weighted by molar-refractivity contribution is -0.142. The highest BCUT2D eigenvalue weighted by Gasteiger charge is 2.25. The lowest BCUT2D eigenvalue weighted by Gasteiger charge is -2.19. The van der Waals surface area contributed by atoms with Crippen LogP contribution in [-0.4, -0.2) is 21.7 Å². The second-order valence-corrected chi connectivity index (χ2v) is 5.85. The third kappa shape index (κ3) is 4.69. The number of ether oxygens (including phenoxy) is 1. The highest BCUT2D eigenvalue weighted by atomic mass is 16.5.